The first kappa shape index (κ1) is 18.4. The van der Waals surface area contributed by atoms with E-state index < -0.39 is 24.8 Å². The standard InChI is InChI=1S/C17H22F3NO3/c1-17(2,3)21-16(22)24-12-6-11(7-12)23-10-4-5-14(19)13(8-10)15(20)9-18/h4-5,8,11-12,15H,6-7,9H2,1-3H3,(H,21,22). The van der Waals surface area contributed by atoms with Gasteiger partial charge in [0.2, 0.25) is 0 Å². The van der Waals surface area contributed by atoms with Crippen LogP contribution >= 0.6 is 0 Å². The summed E-state index contributed by atoms with van der Waals surface area (Å²) in [6, 6.07) is 3.58. The van der Waals surface area contributed by atoms with Crippen molar-refractivity contribution in [2.24, 2.45) is 0 Å². The van der Waals surface area contributed by atoms with Crippen LogP contribution < -0.4 is 10.1 Å². The summed E-state index contributed by atoms with van der Waals surface area (Å²) in [7, 11) is 0. The minimum absolute atomic E-state index is 0.209. The van der Waals surface area contributed by atoms with E-state index in [0.29, 0.717) is 12.8 Å². The molecular weight excluding hydrogens is 323 g/mol. The monoisotopic (exact) mass is 345 g/mol. The fourth-order valence-corrected chi connectivity index (χ4v) is 2.31. The number of carbonyl (C=O) groups is 1. The smallest absolute Gasteiger partial charge is 0.407 e. The molecule has 0 saturated heterocycles. The van der Waals surface area contributed by atoms with Crippen LogP contribution in [-0.4, -0.2) is 30.5 Å². The number of ether oxygens (including phenoxy) is 2. The van der Waals surface area contributed by atoms with Gasteiger partial charge < -0.3 is 14.8 Å². The van der Waals surface area contributed by atoms with Gasteiger partial charge in [0.25, 0.3) is 0 Å². The quantitative estimate of drug-likeness (QED) is 0.868. The average molecular weight is 345 g/mol. The van der Waals surface area contributed by atoms with E-state index in [-0.39, 0.29) is 29.1 Å². The molecule has 0 spiro atoms. The lowest BCUT2D eigenvalue weighted by molar-refractivity contribution is -0.0244. The fourth-order valence-electron chi connectivity index (χ4n) is 2.31. The molecule has 7 heteroatoms. The van der Waals surface area contributed by atoms with Gasteiger partial charge in [0.1, 0.15) is 30.4 Å². The van der Waals surface area contributed by atoms with Gasteiger partial charge in [-0.2, -0.15) is 0 Å². The fraction of sp³-hybridized carbons (Fsp3) is 0.588. The topological polar surface area (TPSA) is 47.6 Å². The van der Waals surface area contributed by atoms with Crippen LogP contribution in [0.5, 0.6) is 5.75 Å². The number of rotatable bonds is 5. The highest BCUT2D eigenvalue weighted by Crippen LogP contribution is 2.31. The summed E-state index contributed by atoms with van der Waals surface area (Å²) >= 11 is 0. The lowest BCUT2D eigenvalue weighted by atomic mass is 9.92. The normalized spacial score (nSPS) is 21.6. The Morgan fingerprint density at radius 1 is 1.33 bits per heavy atom. The molecule has 1 aromatic carbocycles. The van der Waals surface area contributed by atoms with Gasteiger partial charge in [0.05, 0.1) is 0 Å². The highest BCUT2D eigenvalue weighted by Gasteiger charge is 2.34. The predicted octanol–water partition coefficient (Wildman–Crippen LogP) is 4.24. The average Bonchev–Trinajstić information content (AvgIpc) is 2.44. The Kier molecular flexibility index (Phi) is 5.62. The van der Waals surface area contributed by atoms with E-state index in [2.05, 4.69) is 5.32 Å². The summed E-state index contributed by atoms with van der Waals surface area (Å²) in [5, 5.41) is 2.69. The van der Waals surface area contributed by atoms with Crippen LogP contribution in [-0.2, 0) is 4.74 Å². The van der Waals surface area contributed by atoms with Crippen LogP contribution in [0.4, 0.5) is 18.0 Å². The molecule has 0 aromatic heterocycles. The molecule has 0 heterocycles. The van der Waals surface area contributed by atoms with Gasteiger partial charge >= 0.3 is 6.09 Å². The van der Waals surface area contributed by atoms with E-state index in [1.54, 1.807) is 0 Å². The third-order valence-electron chi connectivity index (χ3n) is 3.55. The largest absolute Gasteiger partial charge is 0.490 e. The SMILES string of the molecule is CC(C)(C)NC(=O)OC1CC(Oc2ccc(F)c(C(F)CF)c2)C1. The number of alkyl carbamates (subject to hydrolysis) is 1. The van der Waals surface area contributed by atoms with Crippen LogP contribution in [0, 0.1) is 5.82 Å². The van der Waals surface area contributed by atoms with Gasteiger partial charge in [-0.15, -0.1) is 0 Å². The second-order valence-electron chi connectivity index (χ2n) is 6.92. The molecule has 0 aliphatic heterocycles. The Morgan fingerprint density at radius 2 is 2.00 bits per heavy atom. The highest BCUT2D eigenvalue weighted by molar-refractivity contribution is 5.68. The minimum Gasteiger partial charge on any atom is -0.490 e. The van der Waals surface area contributed by atoms with Gasteiger partial charge in [0.15, 0.2) is 6.17 Å². The summed E-state index contributed by atoms with van der Waals surface area (Å²) in [6.07, 6.45) is -1.97. The summed E-state index contributed by atoms with van der Waals surface area (Å²) in [5.74, 6) is -0.536. The Labute approximate surface area is 139 Å². The molecule has 1 aliphatic rings. The first-order valence-corrected chi connectivity index (χ1v) is 7.83. The second-order valence-corrected chi connectivity index (χ2v) is 6.92. The molecule has 1 aliphatic carbocycles. The Hall–Kier alpha value is -1.92. The first-order chi connectivity index (χ1) is 11.2. The van der Waals surface area contributed by atoms with Crippen molar-refractivity contribution in [3.63, 3.8) is 0 Å². The number of amides is 1. The Bertz CT molecular complexity index is 583. The zero-order chi connectivity index (χ0) is 17.9. The van der Waals surface area contributed by atoms with Crippen molar-refractivity contribution in [3.8, 4) is 5.75 Å². The zero-order valence-electron chi connectivity index (χ0n) is 13.9. The number of hydrogen-bond donors (Lipinski definition) is 1. The van der Waals surface area contributed by atoms with E-state index in [0.717, 1.165) is 6.07 Å². The van der Waals surface area contributed by atoms with E-state index in [1.165, 1.54) is 12.1 Å². The van der Waals surface area contributed by atoms with Crippen LogP contribution in [0.1, 0.15) is 45.3 Å². The third kappa shape index (κ3) is 5.04. The van der Waals surface area contributed by atoms with Crippen molar-refractivity contribution in [1.82, 2.24) is 5.32 Å². The van der Waals surface area contributed by atoms with E-state index >= 15 is 0 Å². The lowest BCUT2D eigenvalue weighted by Gasteiger charge is -2.35. The van der Waals surface area contributed by atoms with E-state index in [9.17, 15) is 18.0 Å². The number of nitrogens with one attached hydrogen (secondary N) is 1. The number of benzene rings is 1. The molecule has 1 saturated carbocycles. The van der Waals surface area contributed by atoms with Crippen molar-refractivity contribution in [2.45, 2.75) is 57.5 Å². The molecule has 4 nitrogen and oxygen atoms in total. The Morgan fingerprint density at radius 3 is 2.58 bits per heavy atom. The maximum atomic E-state index is 13.5. The molecule has 0 radical (unpaired) electrons. The number of halogens is 3. The molecule has 0 bridgehead atoms. The van der Waals surface area contributed by atoms with Crippen molar-refractivity contribution in [2.75, 3.05) is 6.67 Å². The number of hydrogen-bond acceptors (Lipinski definition) is 3. The number of alkyl halides is 2. The van der Waals surface area contributed by atoms with Crippen molar-refractivity contribution >= 4 is 6.09 Å². The molecular formula is C17H22F3NO3. The van der Waals surface area contributed by atoms with Crippen molar-refractivity contribution < 1.29 is 27.4 Å². The summed E-state index contributed by atoms with van der Waals surface area (Å²) in [4.78, 5) is 11.6. The minimum atomic E-state index is -2.01. The van der Waals surface area contributed by atoms with Crippen LogP contribution in [0.25, 0.3) is 0 Å². The third-order valence-corrected chi connectivity index (χ3v) is 3.55. The summed E-state index contributed by atoms with van der Waals surface area (Å²) in [5.41, 5.74) is -0.729. The molecule has 1 atom stereocenters. The summed E-state index contributed by atoms with van der Waals surface area (Å²) in [6.45, 7) is 4.26. The van der Waals surface area contributed by atoms with Crippen LogP contribution in [0.15, 0.2) is 18.2 Å². The van der Waals surface area contributed by atoms with Crippen LogP contribution in [0.3, 0.4) is 0 Å². The predicted molar refractivity (Wildman–Crippen MR) is 83.0 cm³/mol. The molecule has 24 heavy (non-hydrogen) atoms. The van der Waals surface area contributed by atoms with Crippen molar-refractivity contribution in [3.05, 3.63) is 29.6 Å². The molecule has 1 fully saturated rings. The van der Waals surface area contributed by atoms with E-state index in [1.807, 2.05) is 20.8 Å². The van der Waals surface area contributed by atoms with Gasteiger partial charge in [0, 0.05) is 23.9 Å². The van der Waals surface area contributed by atoms with Gasteiger partial charge in [-0.1, -0.05) is 0 Å². The molecule has 1 N–H and O–H groups in total. The lowest BCUT2D eigenvalue weighted by Crippen LogP contribution is -2.46. The van der Waals surface area contributed by atoms with Gasteiger partial charge in [-0.3, -0.25) is 0 Å². The maximum Gasteiger partial charge on any atom is 0.407 e. The Balaban J connectivity index is 1.82. The second kappa shape index (κ2) is 7.32. The molecule has 134 valence electrons. The van der Waals surface area contributed by atoms with Gasteiger partial charge in [-0.25, -0.2) is 18.0 Å². The molecule has 1 amide bonds. The summed E-state index contributed by atoms with van der Waals surface area (Å²) < 4.78 is 50.0. The first-order valence-electron chi connectivity index (χ1n) is 7.83. The molecule has 1 unspecified atom stereocenters. The maximum absolute atomic E-state index is 13.5. The van der Waals surface area contributed by atoms with Gasteiger partial charge in [-0.05, 0) is 39.0 Å². The molecule has 2 rings (SSSR count). The number of carbonyl (C=O) groups excluding carboxylic acids is 1. The molecule has 1 aromatic rings. The van der Waals surface area contributed by atoms with Crippen LogP contribution in [0.2, 0.25) is 0 Å². The van der Waals surface area contributed by atoms with Crippen molar-refractivity contribution in [1.29, 1.82) is 0 Å². The zero-order valence-corrected chi connectivity index (χ0v) is 13.9. The highest BCUT2D eigenvalue weighted by atomic mass is 19.2. The van der Waals surface area contributed by atoms with E-state index in [4.69, 9.17) is 9.47 Å².